The van der Waals surface area contributed by atoms with Gasteiger partial charge in [-0.25, -0.2) is 0 Å². The lowest BCUT2D eigenvalue weighted by Crippen LogP contribution is -2.10. The van der Waals surface area contributed by atoms with Crippen molar-refractivity contribution in [2.45, 2.75) is 0 Å². The molecule has 0 amide bonds. The van der Waals surface area contributed by atoms with E-state index in [2.05, 4.69) is 252 Å². The molecule has 0 N–H and O–H groups in total. The van der Waals surface area contributed by atoms with E-state index in [-0.39, 0.29) is 0 Å². The van der Waals surface area contributed by atoms with Gasteiger partial charge in [-0.2, -0.15) is 0 Å². The summed E-state index contributed by atoms with van der Waals surface area (Å²) in [7, 11) is 0. The molecule has 0 atom stereocenters. The van der Waals surface area contributed by atoms with Crippen LogP contribution in [0.25, 0.3) is 82.8 Å². The SMILES string of the molecule is c1ccc(-c2ccc(N(c3ccc(-c4ccccc4)cc3)c3cc4ccccc4c4c3c3ccc(-c5ccccc5)cc3n4-c3ccc(-c4ccccc4)cc3)cc2)cc1. The van der Waals surface area contributed by atoms with Gasteiger partial charge in [-0.05, 0) is 98.4 Å². The number of aromatic nitrogens is 1. The quantitative estimate of drug-likeness (QED) is 0.150. The van der Waals surface area contributed by atoms with Crippen LogP contribution < -0.4 is 4.90 Å². The Balaban J connectivity index is 1.20. The van der Waals surface area contributed by atoms with E-state index in [4.69, 9.17) is 0 Å². The van der Waals surface area contributed by atoms with Crippen molar-refractivity contribution in [3.05, 3.63) is 243 Å². The van der Waals surface area contributed by atoms with Crippen molar-refractivity contribution < 1.29 is 0 Å². The first-order valence-electron chi connectivity index (χ1n) is 20.6. The van der Waals surface area contributed by atoms with Gasteiger partial charge in [0, 0.05) is 33.2 Å². The number of anilines is 3. The second kappa shape index (κ2) is 15.1. The molecule has 0 bridgehead atoms. The Kier molecular flexibility index (Phi) is 8.87. The molecule has 11 aromatic rings. The Morgan fingerprint density at radius 1 is 0.300 bits per heavy atom. The third kappa shape index (κ3) is 6.32. The normalized spacial score (nSPS) is 11.3. The highest BCUT2D eigenvalue weighted by atomic mass is 15.1. The first-order chi connectivity index (χ1) is 29.8. The molecule has 60 heavy (non-hydrogen) atoms. The van der Waals surface area contributed by atoms with Crippen molar-refractivity contribution in [3.63, 3.8) is 0 Å². The zero-order valence-corrected chi connectivity index (χ0v) is 33.0. The summed E-state index contributed by atoms with van der Waals surface area (Å²) < 4.78 is 2.49. The second-order valence-corrected chi connectivity index (χ2v) is 15.3. The molecule has 0 aliphatic carbocycles. The molecule has 2 nitrogen and oxygen atoms in total. The average Bonchev–Trinajstić information content (AvgIpc) is 3.68. The first-order valence-corrected chi connectivity index (χ1v) is 20.6. The fourth-order valence-corrected chi connectivity index (χ4v) is 8.84. The minimum atomic E-state index is 1.09. The van der Waals surface area contributed by atoms with E-state index >= 15 is 0 Å². The molecular weight excluding hydrogens is 725 g/mol. The Hall–Kier alpha value is -7.94. The number of hydrogen-bond acceptors (Lipinski definition) is 1. The minimum absolute atomic E-state index is 1.09. The van der Waals surface area contributed by atoms with Gasteiger partial charge in [0.05, 0.1) is 16.7 Å². The maximum Gasteiger partial charge on any atom is 0.0640 e. The van der Waals surface area contributed by atoms with Crippen molar-refractivity contribution >= 4 is 49.6 Å². The molecule has 1 heterocycles. The molecule has 282 valence electrons. The van der Waals surface area contributed by atoms with Crippen molar-refractivity contribution in [2.24, 2.45) is 0 Å². The van der Waals surface area contributed by atoms with E-state index in [9.17, 15) is 0 Å². The summed E-state index contributed by atoms with van der Waals surface area (Å²) in [5.41, 5.74) is 16.3. The zero-order valence-electron chi connectivity index (χ0n) is 33.0. The van der Waals surface area contributed by atoms with E-state index < -0.39 is 0 Å². The zero-order chi connectivity index (χ0) is 39.8. The Bertz CT molecular complexity index is 3160. The molecule has 2 heteroatoms. The summed E-state index contributed by atoms with van der Waals surface area (Å²) in [5, 5.41) is 4.79. The number of fused-ring (bicyclic) bond motifs is 5. The van der Waals surface area contributed by atoms with Crippen LogP contribution in [0.4, 0.5) is 17.1 Å². The lowest BCUT2D eigenvalue weighted by atomic mass is 9.99. The molecular formula is C58H40N2. The van der Waals surface area contributed by atoms with E-state index in [1.165, 1.54) is 71.6 Å². The molecule has 0 radical (unpaired) electrons. The van der Waals surface area contributed by atoms with E-state index in [0.717, 1.165) is 28.3 Å². The second-order valence-electron chi connectivity index (χ2n) is 15.3. The highest BCUT2D eigenvalue weighted by molar-refractivity contribution is 6.25. The molecule has 0 spiro atoms. The predicted molar refractivity (Wildman–Crippen MR) is 255 cm³/mol. The summed E-state index contributed by atoms with van der Waals surface area (Å²) in [6.07, 6.45) is 0. The molecule has 10 aromatic carbocycles. The largest absolute Gasteiger partial charge is 0.310 e. The van der Waals surface area contributed by atoms with Crippen LogP contribution >= 0.6 is 0 Å². The minimum Gasteiger partial charge on any atom is -0.310 e. The van der Waals surface area contributed by atoms with Crippen LogP contribution in [0, 0.1) is 0 Å². The number of hydrogen-bond donors (Lipinski definition) is 0. The molecule has 11 rings (SSSR count). The molecule has 1 aromatic heterocycles. The van der Waals surface area contributed by atoms with E-state index in [1.54, 1.807) is 0 Å². The van der Waals surface area contributed by atoms with Gasteiger partial charge in [0.25, 0.3) is 0 Å². The number of nitrogens with zero attached hydrogens (tertiary/aromatic N) is 2. The molecule has 0 fully saturated rings. The summed E-state index contributed by atoms with van der Waals surface area (Å²) in [6, 6.07) is 87.9. The summed E-state index contributed by atoms with van der Waals surface area (Å²) in [6.45, 7) is 0. The summed E-state index contributed by atoms with van der Waals surface area (Å²) >= 11 is 0. The van der Waals surface area contributed by atoms with Gasteiger partial charge in [0.1, 0.15) is 0 Å². The summed E-state index contributed by atoms with van der Waals surface area (Å²) in [4.78, 5) is 2.45. The van der Waals surface area contributed by atoms with Gasteiger partial charge < -0.3 is 9.47 Å². The van der Waals surface area contributed by atoms with Crippen molar-refractivity contribution in [3.8, 4) is 50.2 Å². The third-order valence-electron chi connectivity index (χ3n) is 11.8. The van der Waals surface area contributed by atoms with Crippen molar-refractivity contribution in [1.29, 1.82) is 0 Å². The molecule has 0 saturated carbocycles. The van der Waals surface area contributed by atoms with E-state index in [0.29, 0.717) is 0 Å². The van der Waals surface area contributed by atoms with Gasteiger partial charge in [-0.15, -0.1) is 0 Å². The molecule has 0 unspecified atom stereocenters. The Morgan fingerprint density at radius 3 is 1.20 bits per heavy atom. The lowest BCUT2D eigenvalue weighted by Gasteiger charge is -2.27. The van der Waals surface area contributed by atoms with Crippen molar-refractivity contribution in [1.82, 2.24) is 4.57 Å². The van der Waals surface area contributed by atoms with Gasteiger partial charge in [-0.3, -0.25) is 0 Å². The van der Waals surface area contributed by atoms with Crippen LogP contribution in [0.2, 0.25) is 0 Å². The maximum absolute atomic E-state index is 2.49. The molecule has 0 aliphatic rings. The van der Waals surface area contributed by atoms with Gasteiger partial charge >= 0.3 is 0 Å². The van der Waals surface area contributed by atoms with Crippen LogP contribution in [0.5, 0.6) is 0 Å². The average molecular weight is 765 g/mol. The fraction of sp³-hybridized carbons (Fsp3) is 0. The number of benzene rings is 10. The molecule has 0 saturated heterocycles. The topological polar surface area (TPSA) is 8.17 Å². The fourth-order valence-electron chi connectivity index (χ4n) is 8.84. The molecule has 0 aliphatic heterocycles. The van der Waals surface area contributed by atoms with E-state index in [1.807, 2.05) is 0 Å². The first kappa shape index (κ1) is 35.2. The van der Waals surface area contributed by atoms with Crippen LogP contribution in [0.3, 0.4) is 0 Å². The van der Waals surface area contributed by atoms with Crippen LogP contribution in [0.1, 0.15) is 0 Å². The highest BCUT2D eigenvalue weighted by Crippen LogP contribution is 2.48. The van der Waals surface area contributed by atoms with Crippen LogP contribution in [-0.4, -0.2) is 4.57 Å². The van der Waals surface area contributed by atoms with Crippen LogP contribution in [0.15, 0.2) is 243 Å². The van der Waals surface area contributed by atoms with Gasteiger partial charge in [-0.1, -0.05) is 194 Å². The number of rotatable bonds is 8. The standard InChI is InChI=1S/C58H40N2/c1-5-15-41(16-6-1)45-25-32-50(33-26-45)59(51-34-27-46(28-35-51)42-17-7-2-8-18-42)56-40-49-23-13-14-24-53(49)58-57(56)54-38-31-48(44-21-11-4-12-22-44)39-55(54)60(58)52-36-29-47(30-37-52)43-19-9-3-10-20-43/h1-40H. The van der Waals surface area contributed by atoms with Gasteiger partial charge in [0.2, 0.25) is 0 Å². The Morgan fingerprint density at radius 2 is 0.700 bits per heavy atom. The monoisotopic (exact) mass is 764 g/mol. The van der Waals surface area contributed by atoms with Crippen LogP contribution in [-0.2, 0) is 0 Å². The third-order valence-corrected chi connectivity index (χ3v) is 11.8. The lowest BCUT2D eigenvalue weighted by molar-refractivity contribution is 1.19. The Labute approximate surface area is 350 Å². The summed E-state index contributed by atoms with van der Waals surface area (Å²) in [5.74, 6) is 0. The van der Waals surface area contributed by atoms with Crippen molar-refractivity contribution in [2.75, 3.05) is 4.90 Å². The van der Waals surface area contributed by atoms with Gasteiger partial charge in [0.15, 0.2) is 0 Å². The maximum atomic E-state index is 2.49. The predicted octanol–water partition coefficient (Wildman–Crippen LogP) is 16.1. The highest BCUT2D eigenvalue weighted by Gasteiger charge is 2.24. The smallest absolute Gasteiger partial charge is 0.0640 e.